The van der Waals surface area contributed by atoms with Crippen LogP contribution in [0.3, 0.4) is 0 Å². The second-order valence-electron chi connectivity index (χ2n) is 12.5. The number of sulfone groups is 1. The number of hydrogen-bond acceptors (Lipinski definition) is 10. The number of hydrogen-bond donors (Lipinski definition) is 0. The molecule has 4 aromatic carbocycles. The molecule has 0 N–H and O–H groups in total. The van der Waals surface area contributed by atoms with Gasteiger partial charge in [0.25, 0.3) is 0 Å². The van der Waals surface area contributed by atoms with Crippen molar-refractivity contribution in [2.24, 2.45) is 10.8 Å². The van der Waals surface area contributed by atoms with Gasteiger partial charge in [0, 0.05) is 0 Å². The first-order valence-corrected chi connectivity index (χ1v) is 17.6. The topological polar surface area (TPSA) is 124 Å². The number of ether oxygens (including phenoxy) is 6. The molecule has 0 saturated carbocycles. The van der Waals surface area contributed by atoms with Gasteiger partial charge in [0.2, 0.25) is 9.84 Å². The van der Waals surface area contributed by atoms with Gasteiger partial charge in [-0.2, -0.15) is 0 Å². The number of carbonyl (C=O) groups excluding carboxylic acids is 2. The quantitative estimate of drug-likeness (QED) is 0.106. The normalized spacial score (nSPS) is 16.0. The smallest absolute Gasteiger partial charge is 0.343 e. The summed E-state index contributed by atoms with van der Waals surface area (Å²) in [6.45, 7) is 8.04. The molecule has 2 aliphatic rings. The van der Waals surface area contributed by atoms with Crippen LogP contribution in [0.5, 0.6) is 23.0 Å². The zero-order valence-corrected chi connectivity index (χ0v) is 28.2. The van der Waals surface area contributed by atoms with Crippen molar-refractivity contribution in [1.82, 2.24) is 0 Å². The fraction of sp³-hybridized carbons (Fsp3) is 0.316. The van der Waals surface area contributed by atoms with Crippen LogP contribution >= 0.6 is 0 Å². The van der Waals surface area contributed by atoms with Gasteiger partial charge in [-0.1, -0.05) is 13.8 Å². The van der Waals surface area contributed by atoms with Gasteiger partial charge >= 0.3 is 11.9 Å². The molecule has 0 atom stereocenters. The summed E-state index contributed by atoms with van der Waals surface area (Å²) in [5, 5.41) is 0. The van der Waals surface area contributed by atoms with E-state index in [-0.39, 0.29) is 32.1 Å². The monoisotopic (exact) mass is 686 g/mol. The summed E-state index contributed by atoms with van der Waals surface area (Å²) >= 11 is 0. The SMILES string of the molecule is CCC1(COc2ccc(C(=O)Oc3ccc(S(=O)(=O)c4ccc(OC(=O)c5ccc(OCC6(CC)COC6)cc5)cc4)cc3)cc2)COC1. The van der Waals surface area contributed by atoms with E-state index in [0.717, 1.165) is 12.8 Å². The summed E-state index contributed by atoms with van der Waals surface area (Å²) in [6.07, 6.45) is 1.93. The van der Waals surface area contributed by atoms with Gasteiger partial charge in [-0.05, 0) is 110 Å². The lowest BCUT2D eigenvalue weighted by molar-refractivity contribution is -0.133. The van der Waals surface area contributed by atoms with Crippen molar-refractivity contribution in [2.45, 2.75) is 36.5 Å². The van der Waals surface area contributed by atoms with Crippen LogP contribution in [0.25, 0.3) is 0 Å². The summed E-state index contributed by atoms with van der Waals surface area (Å²) in [4.78, 5) is 25.4. The van der Waals surface area contributed by atoms with Gasteiger partial charge in [-0.15, -0.1) is 0 Å². The molecule has 2 aliphatic heterocycles. The van der Waals surface area contributed by atoms with E-state index in [4.69, 9.17) is 28.4 Å². The molecule has 2 saturated heterocycles. The third-order valence-corrected chi connectivity index (χ3v) is 10.9. The molecule has 11 heteroatoms. The largest absolute Gasteiger partial charge is 0.493 e. The van der Waals surface area contributed by atoms with Crippen LogP contribution in [0, 0.1) is 10.8 Å². The van der Waals surface area contributed by atoms with Crippen LogP contribution in [0.4, 0.5) is 0 Å². The highest BCUT2D eigenvalue weighted by Crippen LogP contribution is 2.33. The fourth-order valence-corrected chi connectivity index (χ4v) is 6.51. The summed E-state index contributed by atoms with van der Waals surface area (Å²) in [7, 11) is -3.90. The molecule has 4 aromatic rings. The van der Waals surface area contributed by atoms with Gasteiger partial charge in [-0.3, -0.25) is 0 Å². The van der Waals surface area contributed by atoms with Crippen molar-refractivity contribution >= 4 is 21.8 Å². The molecule has 10 nitrogen and oxygen atoms in total. The minimum atomic E-state index is -3.90. The van der Waals surface area contributed by atoms with E-state index in [1.165, 1.54) is 48.5 Å². The van der Waals surface area contributed by atoms with Crippen molar-refractivity contribution in [3.63, 3.8) is 0 Å². The Hall–Kier alpha value is -4.71. The second-order valence-corrected chi connectivity index (χ2v) is 14.5. The lowest BCUT2D eigenvalue weighted by Gasteiger charge is -2.40. The predicted octanol–water partition coefficient (Wildman–Crippen LogP) is 6.57. The van der Waals surface area contributed by atoms with Crippen LogP contribution in [-0.4, -0.2) is 60.0 Å². The molecule has 49 heavy (non-hydrogen) atoms. The first-order chi connectivity index (χ1) is 23.6. The Morgan fingerprint density at radius 1 is 0.551 bits per heavy atom. The zero-order chi connectivity index (χ0) is 34.5. The summed E-state index contributed by atoms with van der Waals surface area (Å²) in [5.41, 5.74) is 0.745. The van der Waals surface area contributed by atoms with Crippen molar-refractivity contribution < 1.29 is 46.4 Å². The van der Waals surface area contributed by atoms with Gasteiger partial charge in [0.15, 0.2) is 0 Å². The highest BCUT2D eigenvalue weighted by Gasteiger charge is 2.38. The van der Waals surface area contributed by atoms with Crippen LogP contribution in [0.1, 0.15) is 47.4 Å². The molecule has 6 rings (SSSR count). The van der Waals surface area contributed by atoms with E-state index in [1.54, 1.807) is 48.5 Å². The molecule has 0 spiro atoms. The maximum atomic E-state index is 13.3. The van der Waals surface area contributed by atoms with Crippen molar-refractivity contribution in [3.8, 4) is 23.0 Å². The molecule has 256 valence electrons. The highest BCUT2D eigenvalue weighted by molar-refractivity contribution is 7.91. The standard InChI is InChI=1S/C38H38O10S/c1-3-37(21-43-22-37)25-45-29-9-5-27(6-10-29)35(39)47-31-13-17-33(18-14-31)49(41,42)34-19-15-32(16-20-34)48-36(40)28-7-11-30(12-8-28)46-26-38(4-2)23-44-24-38/h5-20H,3-4,21-26H2,1-2H3. The average Bonchev–Trinajstić information content (AvgIpc) is 3.09. The van der Waals surface area contributed by atoms with E-state index in [9.17, 15) is 18.0 Å². The third kappa shape index (κ3) is 7.80. The predicted molar refractivity (Wildman–Crippen MR) is 179 cm³/mol. The molecular weight excluding hydrogens is 648 g/mol. The molecule has 2 heterocycles. The van der Waals surface area contributed by atoms with Gasteiger partial charge in [0.1, 0.15) is 23.0 Å². The molecule has 0 unspecified atom stereocenters. The maximum Gasteiger partial charge on any atom is 0.343 e. The second kappa shape index (κ2) is 14.4. The van der Waals surface area contributed by atoms with Gasteiger partial charge in [-0.25, -0.2) is 18.0 Å². The minimum absolute atomic E-state index is 0.0114. The molecule has 0 bridgehead atoms. The average molecular weight is 687 g/mol. The van der Waals surface area contributed by atoms with Crippen LogP contribution in [-0.2, 0) is 19.3 Å². The van der Waals surface area contributed by atoms with Crippen LogP contribution in [0.15, 0.2) is 107 Å². The Labute approximate surface area is 285 Å². The highest BCUT2D eigenvalue weighted by atomic mass is 32.2. The fourth-order valence-electron chi connectivity index (χ4n) is 5.25. The summed E-state index contributed by atoms with van der Waals surface area (Å²) in [6, 6.07) is 24.5. The van der Waals surface area contributed by atoms with Crippen molar-refractivity contribution in [3.05, 3.63) is 108 Å². The molecular formula is C38H38O10S. The first-order valence-electron chi connectivity index (χ1n) is 16.1. The number of carbonyl (C=O) groups is 2. The summed E-state index contributed by atoms with van der Waals surface area (Å²) in [5.74, 6) is 0.511. The molecule has 0 radical (unpaired) electrons. The van der Waals surface area contributed by atoms with E-state index in [2.05, 4.69) is 13.8 Å². The van der Waals surface area contributed by atoms with Gasteiger partial charge < -0.3 is 28.4 Å². The number of benzene rings is 4. The van der Waals surface area contributed by atoms with E-state index in [0.29, 0.717) is 62.3 Å². The third-order valence-electron chi connectivity index (χ3n) is 9.09. The first kappa shape index (κ1) is 34.2. The van der Waals surface area contributed by atoms with Crippen LogP contribution < -0.4 is 18.9 Å². The zero-order valence-electron chi connectivity index (χ0n) is 27.4. The minimum Gasteiger partial charge on any atom is -0.493 e. The lowest BCUT2D eigenvalue weighted by atomic mass is 9.84. The molecule has 0 aliphatic carbocycles. The van der Waals surface area contributed by atoms with Crippen molar-refractivity contribution in [2.75, 3.05) is 39.6 Å². The maximum absolute atomic E-state index is 13.3. The Morgan fingerprint density at radius 2 is 0.878 bits per heavy atom. The van der Waals surface area contributed by atoms with Gasteiger partial charge in [0.05, 0.1) is 71.4 Å². The van der Waals surface area contributed by atoms with E-state index >= 15 is 0 Å². The molecule has 0 aromatic heterocycles. The summed E-state index contributed by atoms with van der Waals surface area (Å²) < 4.78 is 59.9. The van der Waals surface area contributed by atoms with E-state index < -0.39 is 21.8 Å². The number of rotatable bonds is 14. The Bertz CT molecular complexity index is 1720. The number of esters is 2. The van der Waals surface area contributed by atoms with Crippen LogP contribution in [0.2, 0.25) is 0 Å². The Kier molecular flexibility index (Phi) is 10.0. The van der Waals surface area contributed by atoms with E-state index in [1.807, 2.05) is 0 Å². The molecule has 0 amide bonds. The van der Waals surface area contributed by atoms with Crippen molar-refractivity contribution in [1.29, 1.82) is 0 Å². The molecule has 2 fully saturated rings. The Balaban J connectivity index is 1.00. The lowest BCUT2D eigenvalue weighted by Crippen LogP contribution is -2.46. The Morgan fingerprint density at radius 3 is 1.16 bits per heavy atom.